The van der Waals surface area contributed by atoms with Crippen LogP contribution in [0.3, 0.4) is 0 Å². The average Bonchev–Trinajstić information content (AvgIpc) is 2.67. The molecule has 0 heterocycles. The van der Waals surface area contributed by atoms with Crippen LogP contribution < -0.4 is 10.2 Å². The molecule has 0 radical (unpaired) electrons. The van der Waals surface area contributed by atoms with E-state index in [1.807, 2.05) is 30.3 Å². The molecule has 1 amide bonds. The van der Waals surface area contributed by atoms with Gasteiger partial charge < -0.3 is 9.84 Å². The Kier molecular flexibility index (Phi) is 5.96. The van der Waals surface area contributed by atoms with Crippen molar-refractivity contribution >= 4 is 35.3 Å². The molecule has 27 heavy (non-hydrogen) atoms. The summed E-state index contributed by atoms with van der Waals surface area (Å²) < 4.78 is 5.71. The molecule has 0 atom stereocenters. The van der Waals surface area contributed by atoms with Gasteiger partial charge in [0.15, 0.2) is 5.75 Å². The van der Waals surface area contributed by atoms with Crippen LogP contribution in [0.1, 0.15) is 15.9 Å². The lowest BCUT2D eigenvalue weighted by Crippen LogP contribution is -2.17. The lowest BCUT2D eigenvalue weighted by Gasteiger charge is -2.07. The molecule has 0 saturated heterocycles. The highest BCUT2D eigenvalue weighted by Gasteiger charge is 2.07. The van der Waals surface area contributed by atoms with E-state index in [-0.39, 0.29) is 15.8 Å². The fourth-order valence-corrected chi connectivity index (χ4v) is 2.72. The number of hydrogen-bond donors (Lipinski definition) is 2. The maximum absolute atomic E-state index is 12.3. The molecule has 2 N–H and O–H groups in total. The molecule has 0 saturated carbocycles. The van der Waals surface area contributed by atoms with Gasteiger partial charge in [0.2, 0.25) is 0 Å². The van der Waals surface area contributed by atoms with E-state index in [1.54, 1.807) is 24.3 Å². The summed E-state index contributed by atoms with van der Waals surface area (Å²) in [5.74, 6) is 0.611. The molecular weight excluding hydrogens is 387 g/mol. The summed E-state index contributed by atoms with van der Waals surface area (Å²) in [4.78, 5) is 12.3. The summed E-state index contributed by atoms with van der Waals surface area (Å²) in [5, 5.41) is 13.6. The van der Waals surface area contributed by atoms with Gasteiger partial charge in [0.1, 0.15) is 11.5 Å². The first-order chi connectivity index (χ1) is 13.0. The number of aromatic hydroxyl groups is 1. The molecule has 0 aliphatic carbocycles. The van der Waals surface area contributed by atoms with Crippen molar-refractivity contribution in [3.8, 4) is 17.2 Å². The van der Waals surface area contributed by atoms with Crippen LogP contribution in [0.5, 0.6) is 17.2 Å². The van der Waals surface area contributed by atoms with Gasteiger partial charge in [-0.2, -0.15) is 5.10 Å². The van der Waals surface area contributed by atoms with E-state index >= 15 is 0 Å². The summed E-state index contributed by atoms with van der Waals surface area (Å²) >= 11 is 11.7. The topological polar surface area (TPSA) is 70.9 Å². The number of hydrazone groups is 1. The zero-order valence-corrected chi connectivity index (χ0v) is 15.4. The lowest BCUT2D eigenvalue weighted by atomic mass is 10.2. The Morgan fingerprint density at radius 3 is 2.33 bits per heavy atom. The minimum Gasteiger partial charge on any atom is -0.505 e. The molecule has 0 aliphatic rings. The van der Waals surface area contributed by atoms with E-state index in [1.165, 1.54) is 18.3 Å². The van der Waals surface area contributed by atoms with Crippen molar-refractivity contribution in [3.05, 3.63) is 87.9 Å². The minimum absolute atomic E-state index is 0.0982. The summed E-state index contributed by atoms with van der Waals surface area (Å²) in [6.07, 6.45) is 1.37. The number of rotatable bonds is 5. The molecule has 3 aromatic rings. The van der Waals surface area contributed by atoms with Gasteiger partial charge >= 0.3 is 0 Å². The maximum Gasteiger partial charge on any atom is 0.271 e. The molecule has 7 heteroatoms. The highest BCUT2D eigenvalue weighted by molar-refractivity contribution is 6.37. The van der Waals surface area contributed by atoms with Crippen molar-refractivity contribution in [2.45, 2.75) is 0 Å². The quantitative estimate of drug-likeness (QED) is 0.453. The van der Waals surface area contributed by atoms with Crippen molar-refractivity contribution in [1.29, 1.82) is 0 Å². The van der Waals surface area contributed by atoms with Gasteiger partial charge in [-0.05, 0) is 48.0 Å². The van der Waals surface area contributed by atoms with Crippen molar-refractivity contribution in [2.24, 2.45) is 5.10 Å². The normalized spacial score (nSPS) is 10.7. The Labute approximate surface area is 165 Å². The van der Waals surface area contributed by atoms with Crippen LogP contribution in [0, 0.1) is 0 Å². The van der Waals surface area contributed by atoms with Gasteiger partial charge in [-0.1, -0.05) is 47.5 Å². The van der Waals surface area contributed by atoms with Gasteiger partial charge in [-0.25, -0.2) is 5.43 Å². The average molecular weight is 401 g/mol. The number of phenolic OH excluding ortho intramolecular Hbond substituents is 1. The fourth-order valence-electron chi connectivity index (χ4n) is 2.22. The second-order valence-electron chi connectivity index (χ2n) is 5.48. The van der Waals surface area contributed by atoms with Gasteiger partial charge in [-0.15, -0.1) is 0 Å². The number of carbonyl (C=O) groups excluding carboxylic acids is 1. The summed E-state index contributed by atoms with van der Waals surface area (Å²) in [5.41, 5.74) is 3.34. The number of amides is 1. The van der Waals surface area contributed by atoms with Crippen molar-refractivity contribution in [3.63, 3.8) is 0 Å². The van der Waals surface area contributed by atoms with E-state index < -0.39 is 5.91 Å². The molecule has 0 spiro atoms. The molecule has 0 aliphatic heterocycles. The zero-order chi connectivity index (χ0) is 19.2. The molecule has 5 nitrogen and oxygen atoms in total. The van der Waals surface area contributed by atoms with Crippen LogP contribution in [0.2, 0.25) is 10.0 Å². The predicted octanol–water partition coefficient (Wildman–Crippen LogP) is 5.26. The predicted molar refractivity (Wildman–Crippen MR) is 106 cm³/mol. The van der Waals surface area contributed by atoms with E-state index in [9.17, 15) is 9.90 Å². The largest absolute Gasteiger partial charge is 0.505 e. The monoisotopic (exact) mass is 400 g/mol. The number of halogens is 2. The lowest BCUT2D eigenvalue weighted by molar-refractivity contribution is 0.0955. The second kappa shape index (κ2) is 8.58. The molecule has 136 valence electrons. The molecule has 3 aromatic carbocycles. The van der Waals surface area contributed by atoms with Gasteiger partial charge in [0, 0.05) is 5.56 Å². The summed E-state index contributed by atoms with van der Waals surface area (Å²) in [7, 11) is 0. The summed E-state index contributed by atoms with van der Waals surface area (Å²) in [6, 6.07) is 19.0. The second-order valence-corrected chi connectivity index (χ2v) is 6.29. The highest BCUT2D eigenvalue weighted by atomic mass is 35.5. The van der Waals surface area contributed by atoms with Gasteiger partial charge in [0.25, 0.3) is 5.91 Å². The Hall–Kier alpha value is -3.02. The number of benzene rings is 3. The standard InChI is InChI=1S/C20H14Cl2N2O3/c21-17-9-13(10-18(22)19(17)25)12-23-24-20(26)14-5-4-8-16(11-14)27-15-6-2-1-3-7-15/h1-12,25H,(H,24,26)/b23-12+. The van der Waals surface area contributed by atoms with Crippen LogP contribution in [-0.4, -0.2) is 17.2 Å². The zero-order valence-electron chi connectivity index (χ0n) is 13.9. The highest BCUT2D eigenvalue weighted by Crippen LogP contribution is 2.32. The smallest absolute Gasteiger partial charge is 0.271 e. The number of carbonyl (C=O) groups is 1. The van der Waals surface area contributed by atoms with E-state index in [2.05, 4.69) is 10.5 Å². The first-order valence-electron chi connectivity index (χ1n) is 7.87. The van der Waals surface area contributed by atoms with E-state index in [4.69, 9.17) is 27.9 Å². The third kappa shape index (κ3) is 5.00. The molecule has 3 rings (SSSR count). The molecule has 0 unspecified atom stereocenters. The Bertz CT molecular complexity index is 969. The molecule has 0 fully saturated rings. The third-order valence-corrected chi connectivity index (χ3v) is 4.07. The van der Waals surface area contributed by atoms with Gasteiger partial charge in [0.05, 0.1) is 16.3 Å². The van der Waals surface area contributed by atoms with Crippen molar-refractivity contribution in [2.75, 3.05) is 0 Å². The molecule has 0 aromatic heterocycles. The molecular formula is C20H14Cl2N2O3. The van der Waals surface area contributed by atoms with E-state index in [0.717, 1.165) is 0 Å². The Morgan fingerprint density at radius 1 is 0.963 bits per heavy atom. The number of nitrogens with one attached hydrogen (secondary N) is 1. The van der Waals surface area contributed by atoms with Crippen LogP contribution in [0.15, 0.2) is 71.8 Å². The van der Waals surface area contributed by atoms with E-state index in [0.29, 0.717) is 22.6 Å². The maximum atomic E-state index is 12.3. The fraction of sp³-hybridized carbons (Fsp3) is 0. The number of phenols is 1. The first-order valence-corrected chi connectivity index (χ1v) is 8.63. The summed E-state index contributed by atoms with van der Waals surface area (Å²) in [6.45, 7) is 0. The van der Waals surface area contributed by atoms with Crippen molar-refractivity contribution < 1.29 is 14.6 Å². The Balaban J connectivity index is 1.67. The van der Waals surface area contributed by atoms with Crippen LogP contribution in [0.4, 0.5) is 0 Å². The van der Waals surface area contributed by atoms with Crippen LogP contribution >= 0.6 is 23.2 Å². The number of ether oxygens (including phenoxy) is 1. The molecule has 0 bridgehead atoms. The number of para-hydroxylation sites is 1. The van der Waals surface area contributed by atoms with Crippen LogP contribution in [0.25, 0.3) is 0 Å². The number of hydrogen-bond acceptors (Lipinski definition) is 4. The third-order valence-electron chi connectivity index (χ3n) is 3.49. The van der Waals surface area contributed by atoms with Crippen molar-refractivity contribution in [1.82, 2.24) is 5.43 Å². The number of nitrogens with zero attached hydrogens (tertiary/aromatic N) is 1. The SMILES string of the molecule is O=C(N/N=C/c1cc(Cl)c(O)c(Cl)c1)c1cccc(Oc2ccccc2)c1. The van der Waals surface area contributed by atoms with Crippen LogP contribution in [-0.2, 0) is 0 Å². The minimum atomic E-state index is -0.402. The van der Waals surface area contributed by atoms with Gasteiger partial charge in [-0.3, -0.25) is 4.79 Å². The first kappa shape index (κ1) is 18.8. The Morgan fingerprint density at radius 2 is 1.63 bits per heavy atom.